The Morgan fingerprint density at radius 3 is 2.88 bits per heavy atom. The molecule has 1 saturated heterocycles. The minimum Gasteiger partial charge on any atom is -0.467 e. The van der Waals surface area contributed by atoms with Crippen molar-refractivity contribution in [1.82, 2.24) is 4.90 Å². The Balaban J connectivity index is 2.19. The third-order valence-electron chi connectivity index (χ3n) is 3.25. The van der Waals surface area contributed by atoms with Crippen LogP contribution in [0.5, 0.6) is 0 Å². The molecule has 0 aromatic carbocycles. The first-order valence-corrected chi connectivity index (χ1v) is 5.64. The number of furan rings is 1. The van der Waals surface area contributed by atoms with Crippen molar-refractivity contribution in [2.75, 3.05) is 6.54 Å². The number of rotatable bonds is 2. The van der Waals surface area contributed by atoms with E-state index in [1.807, 2.05) is 4.90 Å². The standard InChI is InChI=1S/C12H18N2O2/c1-12(2)4-3-5-14(12)11(15)9-6-10(7-13)16-8-9/h6,8H,3-5,7,13H2,1-2H3. The van der Waals surface area contributed by atoms with E-state index in [1.165, 1.54) is 6.26 Å². The minimum absolute atomic E-state index is 0.0444. The number of nitrogens with two attached hydrogens (primary N) is 1. The average Bonchev–Trinajstić information content (AvgIpc) is 2.82. The lowest BCUT2D eigenvalue weighted by molar-refractivity contribution is 0.0651. The maximum atomic E-state index is 12.2. The van der Waals surface area contributed by atoms with Gasteiger partial charge in [-0.1, -0.05) is 0 Å². The molecule has 1 aliphatic heterocycles. The maximum Gasteiger partial charge on any atom is 0.257 e. The highest BCUT2D eigenvalue weighted by Crippen LogP contribution is 2.29. The van der Waals surface area contributed by atoms with E-state index >= 15 is 0 Å². The van der Waals surface area contributed by atoms with Crippen LogP contribution in [-0.2, 0) is 6.54 Å². The van der Waals surface area contributed by atoms with E-state index in [4.69, 9.17) is 10.2 Å². The molecule has 2 rings (SSSR count). The van der Waals surface area contributed by atoms with E-state index in [9.17, 15) is 4.79 Å². The fraction of sp³-hybridized carbons (Fsp3) is 0.583. The second-order valence-corrected chi connectivity index (χ2v) is 4.88. The third-order valence-corrected chi connectivity index (χ3v) is 3.25. The summed E-state index contributed by atoms with van der Waals surface area (Å²) in [6.07, 6.45) is 3.62. The van der Waals surface area contributed by atoms with Crippen LogP contribution in [0.1, 0.15) is 42.8 Å². The Morgan fingerprint density at radius 1 is 1.62 bits per heavy atom. The van der Waals surface area contributed by atoms with Crippen LogP contribution in [0.4, 0.5) is 0 Å². The highest BCUT2D eigenvalue weighted by atomic mass is 16.3. The van der Waals surface area contributed by atoms with Crippen LogP contribution in [0, 0.1) is 0 Å². The van der Waals surface area contributed by atoms with Crippen molar-refractivity contribution < 1.29 is 9.21 Å². The molecule has 16 heavy (non-hydrogen) atoms. The predicted molar refractivity (Wildman–Crippen MR) is 60.9 cm³/mol. The van der Waals surface area contributed by atoms with Crippen LogP contribution in [0.2, 0.25) is 0 Å². The van der Waals surface area contributed by atoms with Crippen molar-refractivity contribution in [2.24, 2.45) is 5.73 Å². The summed E-state index contributed by atoms with van der Waals surface area (Å²) in [4.78, 5) is 14.1. The number of carbonyl (C=O) groups is 1. The van der Waals surface area contributed by atoms with E-state index in [-0.39, 0.29) is 11.4 Å². The Labute approximate surface area is 95.4 Å². The second kappa shape index (κ2) is 3.94. The molecular formula is C12H18N2O2. The van der Waals surface area contributed by atoms with E-state index in [0.717, 1.165) is 19.4 Å². The second-order valence-electron chi connectivity index (χ2n) is 4.88. The van der Waals surface area contributed by atoms with Crippen molar-refractivity contribution in [3.8, 4) is 0 Å². The van der Waals surface area contributed by atoms with Crippen LogP contribution in [0.25, 0.3) is 0 Å². The van der Waals surface area contributed by atoms with Crippen LogP contribution in [0.3, 0.4) is 0 Å². The van der Waals surface area contributed by atoms with Gasteiger partial charge < -0.3 is 15.1 Å². The van der Waals surface area contributed by atoms with Gasteiger partial charge in [0, 0.05) is 12.1 Å². The van der Waals surface area contributed by atoms with E-state index in [2.05, 4.69) is 13.8 Å². The van der Waals surface area contributed by atoms with E-state index in [1.54, 1.807) is 6.07 Å². The molecule has 0 saturated carbocycles. The third kappa shape index (κ3) is 1.85. The van der Waals surface area contributed by atoms with Gasteiger partial charge in [0.2, 0.25) is 0 Å². The molecule has 0 atom stereocenters. The number of nitrogens with zero attached hydrogens (tertiary/aromatic N) is 1. The zero-order chi connectivity index (χ0) is 11.8. The minimum atomic E-state index is -0.0444. The molecule has 0 bridgehead atoms. The molecule has 0 radical (unpaired) electrons. The average molecular weight is 222 g/mol. The Morgan fingerprint density at radius 2 is 2.38 bits per heavy atom. The smallest absolute Gasteiger partial charge is 0.257 e. The van der Waals surface area contributed by atoms with Crippen molar-refractivity contribution in [2.45, 2.75) is 38.8 Å². The van der Waals surface area contributed by atoms with Crippen molar-refractivity contribution in [3.05, 3.63) is 23.7 Å². The molecule has 88 valence electrons. The van der Waals surface area contributed by atoms with E-state index in [0.29, 0.717) is 17.9 Å². The van der Waals surface area contributed by atoms with Crippen LogP contribution >= 0.6 is 0 Å². The molecule has 4 nitrogen and oxygen atoms in total. The fourth-order valence-corrected chi connectivity index (χ4v) is 2.24. The molecule has 2 N–H and O–H groups in total. The van der Waals surface area contributed by atoms with Gasteiger partial charge in [0.05, 0.1) is 12.1 Å². The van der Waals surface area contributed by atoms with Crippen molar-refractivity contribution in [3.63, 3.8) is 0 Å². The normalized spacial score (nSPS) is 19.1. The first-order valence-electron chi connectivity index (χ1n) is 5.64. The maximum absolute atomic E-state index is 12.2. The summed E-state index contributed by atoms with van der Waals surface area (Å²) in [5.41, 5.74) is 6.01. The summed E-state index contributed by atoms with van der Waals surface area (Å²) in [5, 5.41) is 0. The summed E-state index contributed by atoms with van der Waals surface area (Å²) < 4.78 is 5.19. The lowest BCUT2D eigenvalue weighted by Crippen LogP contribution is -2.42. The first-order chi connectivity index (χ1) is 7.54. The summed E-state index contributed by atoms with van der Waals surface area (Å²) in [7, 11) is 0. The van der Waals surface area contributed by atoms with Crippen LogP contribution in [-0.4, -0.2) is 22.9 Å². The van der Waals surface area contributed by atoms with Crippen LogP contribution in [0.15, 0.2) is 16.7 Å². The Hall–Kier alpha value is -1.29. The summed E-state index contributed by atoms with van der Waals surface area (Å²) in [6, 6.07) is 1.73. The summed E-state index contributed by atoms with van der Waals surface area (Å²) in [6.45, 7) is 5.36. The lowest BCUT2D eigenvalue weighted by atomic mass is 10.0. The van der Waals surface area contributed by atoms with Gasteiger partial charge in [-0.25, -0.2) is 0 Å². The Bertz CT molecular complexity index is 395. The van der Waals surface area contributed by atoms with Gasteiger partial charge in [0.1, 0.15) is 12.0 Å². The largest absolute Gasteiger partial charge is 0.467 e. The number of amides is 1. The van der Waals surface area contributed by atoms with Crippen molar-refractivity contribution >= 4 is 5.91 Å². The van der Waals surface area contributed by atoms with Gasteiger partial charge in [-0.3, -0.25) is 4.79 Å². The van der Waals surface area contributed by atoms with Gasteiger partial charge in [-0.15, -0.1) is 0 Å². The zero-order valence-corrected chi connectivity index (χ0v) is 9.82. The molecule has 0 unspecified atom stereocenters. The molecule has 1 fully saturated rings. The monoisotopic (exact) mass is 222 g/mol. The first kappa shape index (κ1) is 11.2. The quantitative estimate of drug-likeness (QED) is 0.829. The van der Waals surface area contributed by atoms with Gasteiger partial charge in [-0.2, -0.15) is 0 Å². The van der Waals surface area contributed by atoms with Gasteiger partial charge in [-0.05, 0) is 32.8 Å². The van der Waals surface area contributed by atoms with E-state index < -0.39 is 0 Å². The van der Waals surface area contributed by atoms with Gasteiger partial charge in [0.25, 0.3) is 5.91 Å². The molecular weight excluding hydrogens is 204 g/mol. The number of hydrogen-bond acceptors (Lipinski definition) is 3. The highest BCUT2D eigenvalue weighted by molar-refractivity contribution is 5.94. The molecule has 4 heteroatoms. The molecule has 2 heterocycles. The lowest BCUT2D eigenvalue weighted by Gasteiger charge is -2.31. The molecule has 1 aromatic rings. The number of carbonyl (C=O) groups excluding carboxylic acids is 1. The van der Waals surface area contributed by atoms with Gasteiger partial charge >= 0.3 is 0 Å². The molecule has 0 aliphatic carbocycles. The topological polar surface area (TPSA) is 59.5 Å². The summed E-state index contributed by atoms with van der Waals surface area (Å²) >= 11 is 0. The highest BCUT2D eigenvalue weighted by Gasteiger charge is 2.36. The number of likely N-dealkylation sites (tertiary alicyclic amines) is 1. The zero-order valence-electron chi connectivity index (χ0n) is 9.82. The SMILES string of the molecule is CC1(C)CCCN1C(=O)c1coc(CN)c1. The Kier molecular flexibility index (Phi) is 2.76. The van der Waals surface area contributed by atoms with Gasteiger partial charge in [0.15, 0.2) is 0 Å². The number of hydrogen-bond donors (Lipinski definition) is 1. The van der Waals surface area contributed by atoms with Crippen LogP contribution < -0.4 is 5.73 Å². The molecule has 1 amide bonds. The molecule has 1 aromatic heterocycles. The molecule has 1 aliphatic rings. The predicted octanol–water partition coefficient (Wildman–Crippen LogP) is 1.75. The fourth-order valence-electron chi connectivity index (χ4n) is 2.24. The summed E-state index contributed by atoms with van der Waals surface area (Å²) in [5.74, 6) is 0.700. The van der Waals surface area contributed by atoms with Crippen molar-refractivity contribution in [1.29, 1.82) is 0 Å². The molecule has 0 spiro atoms.